The molecule has 4 atom stereocenters. The van der Waals surface area contributed by atoms with E-state index in [2.05, 4.69) is 5.32 Å². The van der Waals surface area contributed by atoms with Crippen LogP contribution in [0.2, 0.25) is 0 Å². The van der Waals surface area contributed by atoms with Crippen molar-refractivity contribution in [1.29, 1.82) is 0 Å². The number of allylic oxidation sites excluding steroid dienone is 2. The number of carbonyl (C=O) groups excluding carboxylic acids is 2. The highest BCUT2D eigenvalue weighted by molar-refractivity contribution is 5.97. The molecule has 0 radical (unpaired) electrons. The first kappa shape index (κ1) is 13.7. The lowest BCUT2D eigenvalue weighted by Crippen LogP contribution is -2.42. The quantitative estimate of drug-likeness (QED) is 0.831. The van der Waals surface area contributed by atoms with Gasteiger partial charge >= 0.3 is 0 Å². The van der Waals surface area contributed by atoms with Crippen LogP contribution in [0.5, 0.6) is 5.75 Å². The number of carboxylic acids is 1. The Morgan fingerprint density at radius 3 is 2.52 bits per heavy atom. The number of ether oxygens (including phenoxy) is 1. The summed E-state index contributed by atoms with van der Waals surface area (Å²) in [4.78, 5) is 23.8. The number of hydrogen-bond donors (Lipinski definition) is 1. The number of nitrogens with one attached hydrogen (secondary N) is 1. The van der Waals surface area contributed by atoms with Crippen LogP contribution >= 0.6 is 0 Å². The van der Waals surface area contributed by atoms with Crippen LogP contribution in [0.15, 0.2) is 36.4 Å². The molecule has 0 unspecified atom stereocenters. The molecule has 1 N–H and O–H groups in total. The summed E-state index contributed by atoms with van der Waals surface area (Å²) in [5.74, 6) is -2.31. The van der Waals surface area contributed by atoms with E-state index >= 15 is 0 Å². The summed E-state index contributed by atoms with van der Waals surface area (Å²) in [6, 6.07) is 7.06. The molecule has 1 aromatic rings. The SMILES string of the molecule is COc1ccccc1NC(=O)[C@@H]1[C@@H](C(=O)[O-])[C@H]2C=C[C@H]1C2. The van der Waals surface area contributed by atoms with Crippen molar-refractivity contribution in [2.24, 2.45) is 23.7 Å². The van der Waals surface area contributed by atoms with Crippen LogP contribution in [0.3, 0.4) is 0 Å². The number of carbonyl (C=O) groups is 2. The number of hydrogen-bond acceptors (Lipinski definition) is 4. The Balaban J connectivity index is 1.82. The van der Waals surface area contributed by atoms with Gasteiger partial charge in [-0.15, -0.1) is 0 Å². The van der Waals surface area contributed by atoms with E-state index in [4.69, 9.17) is 4.74 Å². The summed E-state index contributed by atoms with van der Waals surface area (Å²) in [7, 11) is 1.52. The maximum atomic E-state index is 12.5. The van der Waals surface area contributed by atoms with Crippen LogP contribution in [0, 0.1) is 23.7 Å². The Hall–Kier alpha value is -2.30. The minimum Gasteiger partial charge on any atom is -0.550 e. The molecule has 1 saturated carbocycles. The standard InChI is InChI=1S/C16H17NO4/c1-21-12-5-3-2-4-11(12)17-15(18)13-9-6-7-10(8-9)14(13)16(19)20/h2-7,9-10,13-14H,8H2,1H3,(H,17,18)(H,19,20)/p-1/t9-,10-,13-,14-/m0/s1. The van der Waals surface area contributed by atoms with E-state index in [1.54, 1.807) is 24.3 Å². The number of rotatable bonds is 4. The molecule has 0 saturated heterocycles. The maximum absolute atomic E-state index is 12.5. The van der Waals surface area contributed by atoms with E-state index in [0.717, 1.165) is 0 Å². The molecule has 5 nitrogen and oxygen atoms in total. The highest BCUT2D eigenvalue weighted by atomic mass is 16.5. The smallest absolute Gasteiger partial charge is 0.228 e. The highest BCUT2D eigenvalue weighted by Crippen LogP contribution is 2.48. The van der Waals surface area contributed by atoms with E-state index in [0.29, 0.717) is 17.9 Å². The second-order valence-corrected chi connectivity index (χ2v) is 5.51. The zero-order valence-electron chi connectivity index (χ0n) is 11.6. The van der Waals surface area contributed by atoms with E-state index in [1.165, 1.54) is 7.11 Å². The molecule has 2 bridgehead atoms. The summed E-state index contributed by atoms with van der Waals surface area (Å²) in [5.41, 5.74) is 0.550. The van der Waals surface area contributed by atoms with Gasteiger partial charge in [0.05, 0.1) is 18.7 Å². The first-order valence-electron chi connectivity index (χ1n) is 6.95. The van der Waals surface area contributed by atoms with Crippen molar-refractivity contribution in [3.8, 4) is 5.75 Å². The molecule has 0 heterocycles. The van der Waals surface area contributed by atoms with Crippen LogP contribution in [0.4, 0.5) is 5.69 Å². The van der Waals surface area contributed by atoms with Gasteiger partial charge in [0.1, 0.15) is 5.75 Å². The van der Waals surface area contributed by atoms with Crippen molar-refractivity contribution in [1.82, 2.24) is 0 Å². The van der Waals surface area contributed by atoms with Crippen LogP contribution in [0.1, 0.15) is 6.42 Å². The van der Waals surface area contributed by atoms with Gasteiger partial charge < -0.3 is 20.0 Å². The van der Waals surface area contributed by atoms with Gasteiger partial charge in [-0.2, -0.15) is 0 Å². The molecule has 0 aliphatic heterocycles. The lowest BCUT2D eigenvalue weighted by Gasteiger charge is -2.28. The summed E-state index contributed by atoms with van der Waals surface area (Å²) in [6.07, 6.45) is 4.54. The number of aliphatic carboxylic acids is 1. The van der Waals surface area contributed by atoms with Crippen LogP contribution in [-0.4, -0.2) is 19.0 Å². The van der Waals surface area contributed by atoms with E-state index < -0.39 is 17.8 Å². The van der Waals surface area contributed by atoms with E-state index in [1.807, 2.05) is 12.2 Å². The zero-order valence-corrected chi connectivity index (χ0v) is 11.6. The van der Waals surface area contributed by atoms with Crippen molar-refractivity contribution in [3.63, 3.8) is 0 Å². The lowest BCUT2D eigenvalue weighted by molar-refractivity contribution is -0.313. The highest BCUT2D eigenvalue weighted by Gasteiger charge is 2.48. The first-order chi connectivity index (χ1) is 10.1. The van der Waals surface area contributed by atoms with Gasteiger partial charge in [-0.3, -0.25) is 4.79 Å². The second kappa shape index (κ2) is 5.24. The fraction of sp³-hybridized carbons (Fsp3) is 0.375. The average Bonchev–Trinajstić information content (AvgIpc) is 3.08. The number of fused-ring (bicyclic) bond motifs is 2. The zero-order chi connectivity index (χ0) is 15.0. The van der Waals surface area contributed by atoms with Gasteiger partial charge in [0.2, 0.25) is 5.91 Å². The average molecular weight is 286 g/mol. The predicted molar refractivity (Wildman–Crippen MR) is 74.3 cm³/mol. The molecular weight excluding hydrogens is 270 g/mol. The number of amides is 1. The molecule has 5 heteroatoms. The van der Waals surface area contributed by atoms with Gasteiger partial charge in [0.15, 0.2) is 0 Å². The summed E-state index contributed by atoms with van der Waals surface area (Å²) < 4.78 is 5.19. The largest absolute Gasteiger partial charge is 0.550 e. The van der Waals surface area contributed by atoms with Crippen LogP contribution < -0.4 is 15.2 Å². The minimum atomic E-state index is -1.15. The molecule has 3 rings (SSSR count). The molecular formula is C16H16NO4-. The molecule has 0 spiro atoms. The molecule has 2 aliphatic carbocycles. The predicted octanol–water partition coefficient (Wildman–Crippen LogP) is 0.822. The topological polar surface area (TPSA) is 78.5 Å². The summed E-state index contributed by atoms with van der Waals surface area (Å²) >= 11 is 0. The number of anilines is 1. The first-order valence-corrected chi connectivity index (χ1v) is 6.95. The van der Waals surface area contributed by atoms with Gasteiger partial charge in [-0.25, -0.2) is 0 Å². The fourth-order valence-corrected chi connectivity index (χ4v) is 3.46. The van der Waals surface area contributed by atoms with Gasteiger partial charge in [0.25, 0.3) is 0 Å². The summed E-state index contributed by atoms with van der Waals surface area (Å²) in [5, 5.41) is 14.1. The Bertz CT molecular complexity index is 610. The lowest BCUT2D eigenvalue weighted by atomic mass is 9.82. The van der Waals surface area contributed by atoms with E-state index in [9.17, 15) is 14.7 Å². The minimum absolute atomic E-state index is 0.0207. The Morgan fingerprint density at radius 2 is 1.86 bits per heavy atom. The monoisotopic (exact) mass is 286 g/mol. The molecule has 1 fully saturated rings. The number of benzene rings is 1. The molecule has 2 aliphatic rings. The van der Waals surface area contributed by atoms with Crippen molar-refractivity contribution in [3.05, 3.63) is 36.4 Å². The molecule has 0 aromatic heterocycles. The van der Waals surface area contributed by atoms with Gasteiger partial charge in [-0.1, -0.05) is 24.3 Å². The number of methoxy groups -OCH3 is 1. The second-order valence-electron chi connectivity index (χ2n) is 5.51. The van der Waals surface area contributed by atoms with Crippen molar-refractivity contribution >= 4 is 17.6 Å². The van der Waals surface area contributed by atoms with Gasteiger partial charge in [0, 0.05) is 11.9 Å². The number of para-hydroxylation sites is 2. The third-order valence-electron chi connectivity index (χ3n) is 4.40. The van der Waals surface area contributed by atoms with Crippen molar-refractivity contribution < 1.29 is 19.4 Å². The van der Waals surface area contributed by atoms with Crippen molar-refractivity contribution in [2.45, 2.75) is 6.42 Å². The van der Waals surface area contributed by atoms with Crippen LogP contribution in [0.25, 0.3) is 0 Å². The maximum Gasteiger partial charge on any atom is 0.228 e. The third-order valence-corrected chi connectivity index (χ3v) is 4.40. The molecule has 1 amide bonds. The fourth-order valence-electron chi connectivity index (χ4n) is 3.46. The number of carboxylic acid groups (broad SMARTS) is 1. The molecule has 1 aromatic carbocycles. The molecule has 110 valence electrons. The van der Waals surface area contributed by atoms with E-state index in [-0.39, 0.29) is 17.7 Å². The summed E-state index contributed by atoms with van der Waals surface area (Å²) in [6.45, 7) is 0. The molecule has 21 heavy (non-hydrogen) atoms. The Labute approximate surface area is 122 Å². The Kier molecular flexibility index (Phi) is 3.41. The normalized spacial score (nSPS) is 29.4. The Morgan fingerprint density at radius 1 is 1.19 bits per heavy atom. The third kappa shape index (κ3) is 2.28. The van der Waals surface area contributed by atoms with Crippen molar-refractivity contribution in [2.75, 3.05) is 12.4 Å². The van der Waals surface area contributed by atoms with Crippen LogP contribution in [-0.2, 0) is 9.59 Å². The van der Waals surface area contributed by atoms with Gasteiger partial charge in [-0.05, 0) is 30.4 Å².